The molecule has 0 radical (unpaired) electrons. The van der Waals surface area contributed by atoms with E-state index in [9.17, 15) is 4.79 Å². The monoisotopic (exact) mass is 366 g/mol. The van der Waals surface area contributed by atoms with Crippen LogP contribution in [0.2, 0.25) is 0 Å². The topological polar surface area (TPSA) is 58.1 Å². The fourth-order valence-electron chi connectivity index (χ4n) is 3.53. The zero-order valence-electron chi connectivity index (χ0n) is 14.8. The molecular formula is C20H22N4OS. The van der Waals surface area contributed by atoms with E-state index in [2.05, 4.69) is 37.7 Å². The van der Waals surface area contributed by atoms with Crippen molar-refractivity contribution in [3.05, 3.63) is 53.8 Å². The normalized spacial score (nSPS) is 16.6. The van der Waals surface area contributed by atoms with Gasteiger partial charge in [0, 0.05) is 47.7 Å². The van der Waals surface area contributed by atoms with E-state index in [-0.39, 0.29) is 17.9 Å². The van der Waals surface area contributed by atoms with Crippen molar-refractivity contribution in [2.24, 2.45) is 5.92 Å². The molecule has 0 aliphatic carbocycles. The molecule has 0 aromatic carbocycles. The van der Waals surface area contributed by atoms with Gasteiger partial charge >= 0.3 is 0 Å². The molecule has 1 amide bonds. The number of amides is 1. The van der Waals surface area contributed by atoms with Crippen molar-refractivity contribution in [3.8, 4) is 0 Å². The largest absolute Gasteiger partial charge is 0.356 e. The standard InChI is InChI=1S/C20H22N4OS/c1-14(16-3-2-8-21-13-16)23-20(25)15-5-10-24(11-6-15)19-17-7-12-26-18(17)4-9-22-19/h2-4,7-9,12-15H,5-6,10-11H2,1H3,(H,23,25). The third-order valence-corrected chi connectivity index (χ3v) is 5.95. The van der Waals surface area contributed by atoms with Crippen LogP contribution in [-0.2, 0) is 4.79 Å². The van der Waals surface area contributed by atoms with Gasteiger partial charge in [0.1, 0.15) is 5.82 Å². The Bertz CT molecular complexity index is 887. The number of fused-ring (bicyclic) bond motifs is 1. The Morgan fingerprint density at radius 3 is 2.88 bits per heavy atom. The van der Waals surface area contributed by atoms with Gasteiger partial charge in [0.15, 0.2) is 0 Å². The third-order valence-electron chi connectivity index (χ3n) is 5.07. The maximum atomic E-state index is 12.6. The summed E-state index contributed by atoms with van der Waals surface area (Å²) in [5.74, 6) is 1.25. The summed E-state index contributed by atoms with van der Waals surface area (Å²) in [6.45, 7) is 3.73. The highest BCUT2D eigenvalue weighted by atomic mass is 32.1. The lowest BCUT2D eigenvalue weighted by Gasteiger charge is -2.33. The van der Waals surface area contributed by atoms with Crippen molar-refractivity contribution in [2.75, 3.05) is 18.0 Å². The van der Waals surface area contributed by atoms with E-state index in [1.54, 1.807) is 23.7 Å². The Kier molecular flexibility index (Phi) is 4.84. The minimum absolute atomic E-state index is 0.0181. The van der Waals surface area contributed by atoms with Crippen molar-refractivity contribution in [1.82, 2.24) is 15.3 Å². The number of carbonyl (C=O) groups excluding carboxylic acids is 1. The number of piperidine rings is 1. The molecule has 1 saturated heterocycles. The van der Waals surface area contributed by atoms with Crippen LogP contribution in [0.3, 0.4) is 0 Å². The molecule has 0 saturated carbocycles. The predicted molar refractivity (Wildman–Crippen MR) is 105 cm³/mol. The lowest BCUT2D eigenvalue weighted by atomic mass is 9.95. The Morgan fingerprint density at radius 2 is 2.12 bits per heavy atom. The Balaban J connectivity index is 1.37. The van der Waals surface area contributed by atoms with Crippen LogP contribution in [0.25, 0.3) is 10.1 Å². The van der Waals surface area contributed by atoms with E-state index in [4.69, 9.17) is 0 Å². The van der Waals surface area contributed by atoms with Gasteiger partial charge in [0.2, 0.25) is 5.91 Å². The van der Waals surface area contributed by atoms with Crippen LogP contribution in [0.15, 0.2) is 48.2 Å². The zero-order valence-corrected chi connectivity index (χ0v) is 15.6. The van der Waals surface area contributed by atoms with Crippen LogP contribution in [0.5, 0.6) is 0 Å². The average molecular weight is 366 g/mol. The fourth-order valence-corrected chi connectivity index (χ4v) is 4.31. The first-order valence-electron chi connectivity index (χ1n) is 9.00. The first-order chi connectivity index (χ1) is 12.7. The molecule has 134 valence electrons. The first-order valence-corrected chi connectivity index (χ1v) is 9.88. The summed E-state index contributed by atoms with van der Waals surface area (Å²) in [4.78, 5) is 23.7. The molecule has 5 nitrogen and oxygen atoms in total. The van der Waals surface area contributed by atoms with Crippen molar-refractivity contribution in [2.45, 2.75) is 25.8 Å². The Labute approximate surface area is 157 Å². The number of nitrogens with one attached hydrogen (secondary N) is 1. The van der Waals surface area contributed by atoms with Gasteiger partial charge in [0.05, 0.1) is 6.04 Å². The summed E-state index contributed by atoms with van der Waals surface area (Å²) < 4.78 is 1.26. The predicted octanol–water partition coefficient (Wildman–Crippen LogP) is 3.79. The first kappa shape index (κ1) is 17.0. The number of thiophene rings is 1. The maximum absolute atomic E-state index is 12.6. The van der Waals surface area contributed by atoms with Gasteiger partial charge in [-0.1, -0.05) is 6.07 Å². The second-order valence-electron chi connectivity index (χ2n) is 6.74. The van der Waals surface area contributed by atoms with Crippen LogP contribution in [0.4, 0.5) is 5.82 Å². The Morgan fingerprint density at radius 1 is 1.27 bits per heavy atom. The van der Waals surface area contributed by atoms with Crippen molar-refractivity contribution in [1.29, 1.82) is 0 Å². The molecule has 26 heavy (non-hydrogen) atoms. The summed E-state index contributed by atoms with van der Waals surface area (Å²) >= 11 is 1.74. The third kappa shape index (κ3) is 3.42. The van der Waals surface area contributed by atoms with Gasteiger partial charge in [-0.05, 0) is 48.9 Å². The smallest absolute Gasteiger partial charge is 0.223 e. The molecule has 1 N–H and O–H groups in total. The minimum atomic E-state index is -0.0181. The van der Waals surface area contributed by atoms with Crippen LogP contribution >= 0.6 is 11.3 Å². The number of carbonyl (C=O) groups is 1. The van der Waals surface area contributed by atoms with E-state index >= 15 is 0 Å². The highest BCUT2D eigenvalue weighted by Gasteiger charge is 2.27. The number of anilines is 1. The van der Waals surface area contributed by atoms with Crippen molar-refractivity contribution in [3.63, 3.8) is 0 Å². The van der Waals surface area contributed by atoms with Gasteiger partial charge < -0.3 is 10.2 Å². The molecule has 1 atom stereocenters. The van der Waals surface area contributed by atoms with Crippen LogP contribution in [-0.4, -0.2) is 29.0 Å². The van der Waals surface area contributed by atoms with Crippen molar-refractivity contribution < 1.29 is 4.79 Å². The van der Waals surface area contributed by atoms with Gasteiger partial charge in [-0.2, -0.15) is 0 Å². The second kappa shape index (κ2) is 7.41. The zero-order chi connectivity index (χ0) is 17.9. The lowest BCUT2D eigenvalue weighted by Crippen LogP contribution is -2.41. The SMILES string of the molecule is CC(NC(=O)C1CCN(c2nccc3sccc23)CC1)c1cccnc1. The molecule has 1 unspecified atom stereocenters. The van der Waals surface area contributed by atoms with Gasteiger partial charge in [-0.15, -0.1) is 11.3 Å². The molecule has 3 aromatic rings. The van der Waals surface area contributed by atoms with Gasteiger partial charge in [-0.3, -0.25) is 9.78 Å². The van der Waals surface area contributed by atoms with Crippen LogP contribution in [0, 0.1) is 5.92 Å². The number of hydrogen-bond acceptors (Lipinski definition) is 5. The van der Waals surface area contributed by atoms with E-state index < -0.39 is 0 Å². The van der Waals surface area contributed by atoms with Crippen LogP contribution < -0.4 is 10.2 Å². The molecule has 4 heterocycles. The Hall–Kier alpha value is -2.47. The second-order valence-corrected chi connectivity index (χ2v) is 7.69. The molecule has 1 fully saturated rings. The number of hydrogen-bond donors (Lipinski definition) is 1. The summed E-state index contributed by atoms with van der Waals surface area (Å²) in [7, 11) is 0. The highest BCUT2D eigenvalue weighted by molar-refractivity contribution is 7.17. The van der Waals surface area contributed by atoms with Gasteiger partial charge in [0.25, 0.3) is 0 Å². The lowest BCUT2D eigenvalue weighted by molar-refractivity contribution is -0.126. The molecule has 6 heteroatoms. The van der Waals surface area contributed by atoms with E-state index in [1.807, 2.05) is 25.3 Å². The van der Waals surface area contributed by atoms with E-state index in [1.165, 1.54) is 10.1 Å². The summed E-state index contributed by atoms with van der Waals surface area (Å²) in [5.41, 5.74) is 1.03. The summed E-state index contributed by atoms with van der Waals surface area (Å²) in [6.07, 6.45) is 7.14. The fraction of sp³-hybridized carbons (Fsp3) is 0.350. The number of nitrogens with zero attached hydrogens (tertiary/aromatic N) is 3. The summed E-state index contributed by atoms with van der Waals surface area (Å²) in [6, 6.07) is 8.07. The van der Waals surface area contributed by atoms with E-state index in [0.29, 0.717) is 0 Å². The highest BCUT2D eigenvalue weighted by Crippen LogP contribution is 2.31. The van der Waals surface area contributed by atoms with Crippen LogP contribution in [0.1, 0.15) is 31.4 Å². The molecule has 0 spiro atoms. The average Bonchev–Trinajstić information content (AvgIpc) is 3.17. The number of pyridine rings is 2. The maximum Gasteiger partial charge on any atom is 0.223 e. The summed E-state index contributed by atoms with van der Waals surface area (Å²) in [5, 5.41) is 6.46. The molecule has 4 rings (SSSR count). The number of aromatic nitrogens is 2. The molecule has 0 bridgehead atoms. The van der Waals surface area contributed by atoms with E-state index in [0.717, 1.165) is 37.3 Å². The van der Waals surface area contributed by atoms with Crippen molar-refractivity contribution >= 4 is 33.1 Å². The van der Waals surface area contributed by atoms with Gasteiger partial charge in [-0.25, -0.2) is 4.98 Å². The minimum Gasteiger partial charge on any atom is -0.356 e. The number of rotatable bonds is 4. The molecule has 1 aliphatic rings. The quantitative estimate of drug-likeness (QED) is 0.763. The molecule has 1 aliphatic heterocycles. The molecular weight excluding hydrogens is 344 g/mol. The molecule has 3 aromatic heterocycles.